The second-order valence-corrected chi connectivity index (χ2v) is 8.95. The van der Waals surface area contributed by atoms with E-state index in [-0.39, 0.29) is 0 Å². The highest BCUT2D eigenvalue weighted by molar-refractivity contribution is 9.10. The van der Waals surface area contributed by atoms with E-state index < -0.39 is 20.6 Å². The maximum absolute atomic E-state index is 12.2. The van der Waals surface area contributed by atoms with Crippen molar-refractivity contribution in [2.24, 2.45) is 10.7 Å². The Hall–Kier alpha value is -1.08. The third-order valence-electron chi connectivity index (χ3n) is 4.45. The van der Waals surface area contributed by atoms with Gasteiger partial charge in [-0.2, -0.15) is 0 Å². The van der Waals surface area contributed by atoms with Gasteiger partial charge in [0.2, 0.25) is 0 Å². The molecule has 1 spiro atoms. The van der Waals surface area contributed by atoms with Crippen LogP contribution in [0, 0.1) is 0 Å². The number of rotatable bonds is 2. The fraction of sp³-hybridized carbons (Fsp3) is 0.500. The third kappa shape index (κ3) is 2.36. The number of halogens is 1. The monoisotopic (exact) mass is 371 g/mol. The summed E-state index contributed by atoms with van der Waals surface area (Å²) in [6, 6.07) is 7.75. The molecule has 2 N–H and O–H groups in total. The van der Waals surface area contributed by atoms with Crippen LogP contribution in [0.1, 0.15) is 19.3 Å². The number of hydrogen-bond acceptors (Lipinski definition) is 5. The third-order valence-corrected chi connectivity index (χ3v) is 6.65. The molecule has 0 saturated heterocycles. The second kappa shape index (κ2) is 4.98. The van der Waals surface area contributed by atoms with Gasteiger partial charge in [0.1, 0.15) is 0 Å². The largest absolute Gasteiger partial charge is 0.369 e. The van der Waals surface area contributed by atoms with E-state index in [2.05, 4.69) is 20.9 Å². The van der Waals surface area contributed by atoms with E-state index in [1.807, 2.05) is 29.2 Å². The molecule has 21 heavy (non-hydrogen) atoms. The fourth-order valence-corrected chi connectivity index (χ4v) is 5.74. The predicted octanol–water partition coefficient (Wildman–Crippen LogP) is 1.92. The van der Waals surface area contributed by atoms with Gasteiger partial charge in [-0.05, 0) is 37.5 Å². The van der Waals surface area contributed by atoms with Crippen molar-refractivity contribution in [1.29, 1.82) is 0 Å². The average Bonchev–Trinajstić information content (AvgIpc) is 2.95. The van der Waals surface area contributed by atoms with Crippen LogP contribution in [0.2, 0.25) is 0 Å². The van der Waals surface area contributed by atoms with Crippen LogP contribution in [0.4, 0.5) is 5.69 Å². The summed E-state index contributed by atoms with van der Waals surface area (Å²) in [6.07, 6.45) is 3.66. The Kier molecular flexibility index (Phi) is 3.52. The Morgan fingerprint density at radius 2 is 2.24 bits per heavy atom. The molecule has 0 aromatic heterocycles. The fourth-order valence-electron chi connectivity index (χ4n) is 3.66. The first-order valence-corrected chi connectivity index (χ1v) is 9.64. The molecule has 1 fully saturated rings. The van der Waals surface area contributed by atoms with Crippen molar-refractivity contribution in [3.8, 4) is 0 Å². The molecule has 2 atom stereocenters. The smallest absolute Gasteiger partial charge is 0.196 e. The molecular formula is C14H18BrN3O2S. The zero-order valence-corrected chi connectivity index (χ0v) is 14.2. The Labute approximate surface area is 133 Å². The number of aliphatic imine (C=N–C) groups is 1. The minimum absolute atomic E-state index is 0.406. The molecule has 1 aliphatic heterocycles. The van der Waals surface area contributed by atoms with E-state index in [9.17, 15) is 8.42 Å². The number of guanidine groups is 1. The van der Waals surface area contributed by atoms with Crippen molar-refractivity contribution in [2.45, 2.75) is 30.1 Å². The number of hydrogen-bond donors (Lipinski definition) is 1. The Balaban J connectivity index is 2.11. The molecule has 2 unspecified atom stereocenters. The van der Waals surface area contributed by atoms with Crippen LogP contribution in [0.15, 0.2) is 33.7 Å². The van der Waals surface area contributed by atoms with Gasteiger partial charge in [-0.25, -0.2) is 8.42 Å². The van der Waals surface area contributed by atoms with Crippen LogP contribution >= 0.6 is 15.9 Å². The number of nitrogens with zero attached hydrogens (tertiary/aromatic N) is 2. The first-order valence-electron chi connectivity index (χ1n) is 6.89. The zero-order chi connectivity index (χ0) is 15.3. The first-order chi connectivity index (χ1) is 9.84. The number of sulfone groups is 1. The van der Waals surface area contributed by atoms with Crippen LogP contribution in [0.25, 0.3) is 0 Å². The van der Waals surface area contributed by atoms with E-state index in [0.29, 0.717) is 18.9 Å². The maximum atomic E-state index is 12.2. The van der Waals surface area contributed by atoms with E-state index in [0.717, 1.165) is 23.0 Å². The molecular weight excluding hydrogens is 354 g/mol. The summed E-state index contributed by atoms with van der Waals surface area (Å²) < 4.78 is 25.4. The highest BCUT2D eigenvalue weighted by Gasteiger charge is 2.55. The van der Waals surface area contributed by atoms with Crippen LogP contribution in [-0.4, -0.2) is 38.0 Å². The minimum Gasteiger partial charge on any atom is -0.369 e. The Morgan fingerprint density at radius 3 is 2.90 bits per heavy atom. The standard InChI is InChI=1S/C14H18BrN3O2S/c1-21(19,20)12-6-3-7-14(12)9-17-13(16)18(14)11-5-2-4-10(15)8-11/h2,4-5,8,12H,3,6-7,9H2,1H3,(H2,16,17). The lowest BCUT2D eigenvalue weighted by Gasteiger charge is -2.40. The molecule has 3 rings (SSSR count). The second-order valence-electron chi connectivity index (χ2n) is 5.80. The van der Waals surface area contributed by atoms with E-state index in [1.165, 1.54) is 6.26 Å². The maximum Gasteiger partial charge on any atom is 0.196 e. The first kappa shape index (κ1) is 14.8. The average molecular weight is 372 g/mol. The van der Waals surface area contributed by atoms with Crippen molar-refractivity contribution >= 4 is 37.4 Å². The lowest BCUT2D eigenvalue weighted by atomic mass is 9.95. The molecule has 1 heterocycles. The summed E-state index contributed by atoms with van der Waals surface area (Å²) in [5.74, 6) is 0.406. The van der Waals surface area contributed by atoms with E-state index >= 15 is 0 Å². The quantitative estimate of drug-likeness (QED) is 0.861. The van der Waals surface area contributed by atoms with Gasteiger partial charge in [-0.3, -0.25) is 4.99 Å². The molecule has 1 aliphatic carbocycles. The summed E-state index contributed by atoms with van der Waals surface area (Å²) in [7, 11) is -3.15. The zero-order valence-electron chi connectivity index (χ0n) is 11.8. The molecule has 0 amide bonds. The van der Waals surface area contributed by atoms with E-state index in [4.69, 9.17) is 5.73 Å². The van der Waals surface area contributed by atoms with E-state index in [1.54, 1.807) is 0 Å². The number of anilines is 1. The summed E-state index contributed by atoms with van der Waals surface area (Å²) in [5, 5.41) is -0.422. The highest BCUT2D eigenvalue weighted by atomic mass is 79.9. The van der Waals surface area contributed by atoms with Crippen LogP contribution in [0.5, 0.6) is 0 Å². The summed E-state index contributed by atoms with van der Waals surface area (Å²) in [6.45, 7) is 0.448. The van der Waals surface area contributed by atoms with Crippen molar-refractivity contribution in [3.63, 3.8) is 0 Å². The summed E-state index contributed by atoms with van der Waals surface area (Å²) in [4.78, 5) is 6.29. The van der Waals surface area contributed by atoms with Crippen LogP contribution in [-0.2, 0) is 9.84 Å². The topological polar surface area (TPSA) is 75.8 Å². The van der Waals surface area contributed by atoms with Gasteiger partial charge in [-0.1, -0.05) is 22.0 Å². The van der Waals surface area contributed by atoms with Crippen LogP contribution in [0.3, 0.4) is 0 Å². The van der Waals surface area contributed by atoms with Crippen LogP contribution < -0.4 is 10.6 Å². The van der Waals surface area contributed by atoms with Crippen molar-refractivity contribution < 1.29 is 8.42 Å². The molecule has 2 aliphatic rings. The lowest BCUT2D eigenvalue weighted by Crippen LogP contribution is -2.58. The van der Waals surface area contributed by atoms with Gasteiger partial charge in [0.05, 0.1) is 17.3 Å². The van der Waals surface area contributed by atoms with Gasteiger partial charge in [0.25, 0.3) is 0 Å². The molecule has 0 bridgehead atoms. The van der Waals surface area contributed by atoms with Gasteiger partial charge in [0, 0.05) is 16.4 Å². The predicted molar refractivity (Wildman–Crippen MR) is 88.3 cm³/mol. The lowest BCUT2D eigenvalue weighted by molar-refractivity contribution is 0.462. The van der Waals surface area contributed by atoms with Gasteiger partial charge in [-0.15, -0.1) is 0 Å². The molecule has 1 saturated carbocycles. The Bertz CT molecular complexity index is 704. The SMILES string of the molecule is CS(=O)(=O)C1CCCC12CN=C(N)N2c1cccc(Br)c1. The van der Waals surface area contributed by atoms with Gasteiger partial charge >= 0.3 is 0 Å². The molecule has 5 nitrogen and oxygen atoms in total. The minimum atomic E-state index is -3.15. The summed E-state index contributed by atoms with van der Waals surface area (Å²) >= 11 is 3.46. The molecule has 114 valence electrons. The highest BCUT2D eigenvalue weighted by Crippen LogP contribution is 2.44. The summed E-state index contributed by atoms with van der Waals surface area (Å²) in [5.41, 5.74) is 6.45. The van der Waals surface area contributed by atoms with Crippen molar-refractivity contribution in [1.82, 2.24) is 0 Å². The number of nitrogens with two attached hydrogens (primary N) is 1. The molecule has 1 aromatic rings. The molecule has 7 heteroatoms. The van der Waals surface area contributed by atoms with Gasteiger partial charge in [0.15, 0.2) is 15.8 Å². The van der Waals surface area contributed by atoms with Crippen molar-refractivity contribution in [3.05, 3.63) is 28.7 Å². The number of benzene rings is 1. The Morgan fingerprint density at radius 1 is 1.48 bits per heavy atom. The normalized spacial score (nSPS) is 29.1. The molecule has 1 aromatic carbocycles. The van der Waals surface area contributed by atoms with Gasteiger partial charge < -0.3 is 10.6 Å². The van der Waals surface area contributed by atoms with Crippen molar-refractivity contribution in [2.75, 3.05) is 17.7 Å². The molecule has 0 radical (unpaired) electrons.